The molecule has 3 fully saturated rings. The highest BCUT2D eigenvalue weighted by molar-refractivity contribution is 5.79. The van der Waals surface area contributed by atoms with Gasteiger partial charge < -0.3 is 10.1 Å². The third kappa shape index (κ3) is 2.69. The van der Waals surface area contributed by atoms with Crippen LogP contribution in [0.25, 0.3) is 0 Å². The largest absolute Gasteiger partial charge is 0.374 e. The number of fused-ring (bicyclic) bond motifs is 1. The highest BCUT2D eigenvalue weighted by Crippen LogP contribution is 2.54. The molecule has 0 aromatic heterocycles. The van der Waals surface area contributed by atoms with Gasteiger partial charge in [-0.2, -0.15) is 0 Å². The fraction of sp³-hybridized carbons (Fsp3) is 0.929. The number of rotatable bonds is 4. The number of nitrogens with one attached hydrogen (secondary N) is 1. The summed E-state index contributed by atoms with van der Waals surface area (Å²) in [6.07, 6.45) is 3.81. The summed E-state index contributed by atoms with van der Waals surface area (Å²) >= 11 is 0. The lowest BCUT2D eigenvalue weighted by Gasteiger charge is -2.32. The molecule has 3 atom stereocenters. The van der Waals surface area contributed by atoms with Crippen LogP contribution in [0.5, 0.6) is 0 Å². The number of ether oxygens (including phenoxy) is 1. The van der Waals surface area contributed by atoms with Crippen LogP contribution in [-0.4, -0.2) is 49.7 Å². The van der Waals surface area contributed by atoms with Gasteiger partial charge in [-0.3, -0.25) is 9.69 Å². The van der Waals surface area contributed by atoms with Crippen LogP contribution in [0, 0.1) is 17.8 Å². The van der Waals surface area contributed by atoms with E-state index in [2.05, 4.69) is 17.1 Å². The molecule has 2 saturated carbocycles. The van der Waals surface area contributed by atoms with Crippen molar-refractivity contribution in [2.24, 2.45) is 17.8 Å². The molecule has 1 heterocycles. The molecule has 4 nitrogen and oxygen atoms in total. The van der Waals surface area contributed by atoms with Gasteiger partial charge in [0, 0.05) is 25.6 Å². The highest BCUT2D eigenvalue weighted by Gasteiger charge is 2.47. The molecule has 3 unspecified atom stereocenters. The predicted molar refractivity (Wildman–Crippen MR) is 69.2 cm³/mol. The first-order valence-electron chi connectivity index (χ1n) is 7.38. The van der Waals surface area contributed by atoms with Crippen molar-refractivity contribution in [2.75, 3.05) is 32.8 Å². The smallest absolute Gasteiger partial charge is 0.223 e. The Morgan fingerprint density at radius 1 is 1.33 bits per heavy atom. The van der Waals surface area contributed by atoms with E-state index in [1.54, 1.807) is 0 Å². The molecule has 1 saturated heterocycles. The van der Waals surface area contributed by atoms with E-state index >= 15 is 0 Å². The van der Waals surface area contributed by atoms with Gasteiger partial charge in [0.1, 0.15) is 0 Å². The van der Waals surface area contributed by atoms with E-state index < -0.39 is 0 Å². The zero-order chi connectivity index (χ0) is 12.5. The number of morpholine rings is 1. The minimum absolute atomic E-state index is 0.179. The number of hydrogen-bond donors (Lipinski definition) is 1. The van der Waals surface area contributed by atoms with Crippen molar-refractivity contribution >= 4 is 5.91 Å². The Labute approximate surface area is 109 Å². The third-order valence-corrected chi connectivity index (χ3v) is 4.79. The molecule has 1 aliphatic heterocycles. The Morgan fingerprint density at radius 3 is 2.83 bits per heavy atom. The Morgan fingerprint density at radius 2 is 2.11 bits per heavy atom. The molecular weight excluding hydrogens is 228 g/mol. The number of hydrogen-bond acceptors (Lipinski definition) is 3. The molecule has 0 spiro atoms. The van der Waals surface area contributed by atoms with Crippen molar-refractivity contribution in [3.8, 4) is 0 Å². The lowest BCUT2D eigenvalue weighted by Crippen LogP contribution is -2.48. The standard InChI is InChI=1S/C14H24N2O2/c1-2-16-3-4-18-13(9-16)8-15-14(17)12-6-10-5-11(10)7-12/h10-13H,2-9H2,1H3,(H,15,17). The molecule has 0 bridgehead atoms. The quantitative estimate of drug-likeness (QED) is 0.807. The topological polar surface area (TPSA) is 41.6 Å². The average molecular weight is 252 g/mol. The minimum Gasteiger partial charge on any atom is -0.374 e. The highest BCUT2D eigenvalue weighted by atomic mass is 16.5. The Balaban J connectivity index is 1.39. The predicted octanol–water partition coefficient (Wildman–Crippen LogP) is 0.869. The van der Waals surface area contributed by atoms with E-state index in [1.807, 2.05) is 0 Å². The van der Waals surface area contributed by atoms with Crippen LogP contribution in [-0.2, 0) is 9.53 Å². The van der Waals surface area contributed by atoms with E-state index in [-0.39, 0.29) is 12.0 Å². The van der Waals surface area contributed by atoms with Crippen LogP contribution in [0.2, 0.25) is 0 Å². The van der Waals surface area contributed by atoms with Crippen LogP contribution >= 0.6 is 0 Å². The summed E-state index contributed by atoms with van der Waals surface area (Å²) in [5.41, 5.74) is 0. The van der Waals surface area contributed by atoms with Crippen molar-refractivity contribution in [3.05, 3.63) is 0 Å². The third-order valence-electron chi connectivity index (χ3n) is 4.79. The van der Waals surface area contributed by atoms with Gasteiger partial charge in [-0.05, 0) is 37.6 Å². The van der Waals surface area contributed by atoms with Gasteiger partial charge in [0.25, 0.3) is 0 Å². The van der Waals surface area contributed by atoms with Gasteiger partial charge in [0.2, 0.25) is 5.91 Å². The summed E-state index contributed by atoms with van der Waals surface area (Å²) in [5, 5.41) is 3.09. The normalized spacial score (nSPS) is 39.4. The molecule has 2 aliphatic carbocycles. The molecule has 4 heteroatoms. The van der Waals surface area contributed by atoms with Crippen molar-refractivity contribution in [1.82, 2.24) is 10.2 Å². The second-order valence-electron chi connectivity index (χ2n) is 6.06. The maximum Gasteiger partial charge on any atom is 0.223 e. The van der Waals surface area contributed by atoms with Crippen molar-refractivity contribution < 1.29 is 9.53 Å². The summed E-state index contributed by atoms with van der Waals surface area (Å²) < 4.78 is 5.70. The number of amides is 1. The lowest BCUT2D eigenvalue weighted by molar-refractivity contribution is -0.126. The molecule has 3 aliphatic rings. The van der Waals surface area contributed by atoms with E-state index in [4.69, 9.17) is 4.74 Å². The van der Waals surface area contributed by atoms with Crippen molar-refractivity contribution in [2.45, 2.75) is 32.3 Å². The van der Waals surface area contributed by atoms with E-state index in [9.17, 15) is 4.79 Å². The van der Waals surface area contributed by atoms with Crippen LogP contribution in [0.3, 0.4) is 0 Å². The molecule has 18 heavy (non-hydrogen) atoms. The van der Waals surface area contributed by atoms with E-state index in [1.165, 1.54) is 6.42 Å². The Kier molecular flexibility index (Phi) is 3.57. The second-order valence-corrected chi connectivity index (χ2v) is 6.06. The first-order chi connectivity index (χ1) is 8.76. The molecule has 3 rings (SSSR count). The maximum atomic E-state index is 12.0. The van der Waals surface area contributed by atoms with Gasteiger partial charge in [0.05, 0.1) is 12.7 Å². The zero-order valence-corrected chi connectivity index (χ0v) is 11.2. The van der Waals surface area contributed by atoms with Gasteiger partial charge >= 0.3 is 0 Å². The number of likely N-dealkylation sites (N-methyl/N-ethyl adjacent to an activating group) is 1. The number of nitrogens with zero attached hydrogens (tertiary/aromatic N) is 1. The molecule has 0 aromatic carbocycles. The van der Waals surface area contributed by atoms with E-state index in [0.717, 1.165) is 50.9 Å². The molecular formula is C14H24N2O2. The minimum atomic E-state index is 0.179. The van der Waals surface area contributed by atoms with Gasteiger partial charge in [0.15, 0.2) is 0 Å². The van der Waals surface area contributed by atoms with Crippen LogP contribution in [0.15, 0.2) is 0 Å². The monoisotopic (exact) mass is 252 g/mol. The Bertz CT molecular complexity index is 311. The second kappa shape index (κ2) is 5.17. The SMILES string of the molecule is CCN1CCOC(CNC(=O)C2CC3CC3C2)C1. The molecule has 102 valence electrons. The van der Waals surface area contributed by atoms with Crippen LogP contribution < -0.4 is 5.32 Å². The molecule has 0 aromatic rings. The number of carbonyl (C=O) groups is 1. The van der Waals surface area contributed by atoms with Crippen molar-refractivity contribution in [3.63, 3.8) is 0 Å². The summed E-state index contributed by atoms with van der Waals surface area (Å²) in [6, 6.07) is 0. The van der Waals surface area contributed by atoms with Gasteiger partial charge in [-0.1, -0.05) is 6.92 Å². The van der Waals surface area contributed by atoms with Gasteiger partial charge in [-0.25, -0.2) is 0 Å². The summed E-state index contributed by atoms with van der Waals surface area (Å²) in [5.74, 6) is 2.31. The molecule has 0 radical (unpaired) electrons. The van der Waals surface area contributed by atoms with Crippen LogP contribution in [0.1, 0.15) is 26.2 Å². The lowest BCUT2D eigenvalue weighted by atomic mass is 10.0. The molecule has 1 N–H and O–H groups in total. The maximum absolute atomic E-state index is 12.0. The van der Waals surface area contributed by atoms with Crippen LogP contribution in [0.4, 0.5) is 0 Å². The first kappa shape index (κ1) is 12.4. The fourth-order valence-electron chi connectivity index (χ4n) is 3.48. The van der Waals surface area contributed by atoms with E-state index in [0.29, 0.717) is 12.5 Å². The van der Waals surface area contributed by atoms with Crippen molar-refractivity contribution in [1.29, 1.82) is 0 Å². The Hall–Kier alpha value is -0.610. The van der Waals surface area contributed by atoms with Gasteiger partial charge in [-0.15, -0.1) is 0 Å². The molecule has 1 amide bonds. The average Bonchev–Trinajstić information content (AvgIpc) is 3.02. The fourth-order valence-corrected chi connectivity index (χ4v) is 3.48. The summed E-state index contributed by atoms with van der Waals surface area (Å²) in [7, 11) is 0. The zero-order valence-electron chi connectivity index (χ0n) is 11.2. The first-order valence-corrected chi connectivity index (χ1v) is 7.38. The number of carbonyl (C=O) groups excluding carboxylic acids is 1. The summed E-state index contributed by atoms with van der Waals surface area (Å²) in [4.78, 5) is 14.4. The summed E-state index contributed by atoms with van der Waals surface area (Å²) in [6.45, 7) is 6.69.